The topological polar surface area (TPSA) is 51.8 Å². The number of hydrogen-bond acceptors (Lipinski definition) is 4. The van der Waals surface area contributed by atoms with E-state index in [1.54, 1.807) is 12.1 Å². The Labute approximate surface area is 204 Å². The van der Waals surface area contributed by atoms with Crippen LogP contribution in [0.15, 0.2) is 62.2 Å². The lowest BCUT2D eigenvalue weighted by molar-refractivity contribution is 0.0564. The number of carbonyl (C=O) groups excluding carboxylic acids is 1. The van der Waals surface area contributed by atoms with E-state index in [1.165, 1.54) is 75.3 Å². The molecule has 34 heavy (non-hydrogen) atoms. The van der Waals surface area contributed by atoms with Crippen molar-refractivity contribution < 1.29 is 13.9 Å². The number of methoxy groups -OCH3 is 1. The van der Waals surface area contributed by atoms with E-state index in [2.05, 4.69) is 39.0 Å². The number of fused-ring (bicyclic) bond motifs is 2. The molecule has 0 bridgehead atoms. The zero-order valence-corrected chi connectivity index (χ0v) is 21.3. The predicted octanol–water partition coefficient (Wildman–Crippen LogP) is 8.23. The van der Waals surface area contributed by atoms with E-state index in [4.69, 9.17) is 14.1 Å². The number of esters is 1. The van der Waals surface area contributed by atoms with Crippen molar-refractivity contribution in [2.24, 2.45) is 16.3 Å². The Bertz CT molecular complexity index is 1060. The molecule has 0 amide bonds. The lowest BCUT2D eigenvalue weighted by atomic mass is 9.72. The first kappa shape index (κ1) is 24.5. The Morgan fingerprint density at radius 2 is 1.97 bits per heavy atom. The average molecular weight is 462 g/mol. The van der Waals surface area contributed by atoms with Crippen molar-refractivity contribution in [3.05, 3.63) is 64.3 Å². The van der Waals surface area contributed by atoms with Gasteiger partial charge < -0.3 is 9.15 Å². The molecule has 1 saturated carbocycles. The highest BCUT2D eigenvalue weighted by molar-refractivity contribution is 6.06. The molecule has 0 saturated heterocycles. The Morgan fingerprint density at radius 3 is 2.76 bits per heavy atom. The number of unbranched alkanes of at least 4 members (excludes halogenated alkanes) is 5. The van der Waals surface area contributed by atoms with Crippen LogP contribution in [0, 0.1) is 11.3 Å². The van der Waals surface area contributed by atoms with Gasteiger partial charge in [0.05, 0.1) is 12.8 Å². The van der Waals surface area contributed by atoms with E-state index in [0.717, 1.165) is 24.1 Å². The molecule has 0 radical (unpaired) electrons. The summed E-state index contributed by atoms with van der Waals surface area (Å²) >= 11 is 0. The number of allylic oxidation sites excluding steroid dienone is 6. The van der Waals surface area contributed by atoms with E-state index in [1.807, 2.05) is 6.08 Å². The third-order valence-corrected chi connectivity index (χ3v) is 7.33. The highest BCUT2D eigenvalue weighted by Gasteiger charge is 2.37. The molecule has 4 heteroatoms. The average Bonchev–Trinajstić information content (AvgIpc) is 3.44. The van der Waals surface area contributed by atoms with Gasteiger partial charge in [-0.2, -0.15) is 0 Å². The number of furan rings is 1. The molecule has 1 fully saturated rings. The van der Waals surface area contributed by atoms with E-state index in [9.17, 15) is 4.79 Å². The number of aliphatic imine (C=N–C) groups is 1. The van der Waals surface area contributed by atoms with Gasteiger partial charge >= 0.3 is 5.97 Å². The fourth-order valence-corrected chi connectivity index (χ4v) is 5.35. The maximum absolute atomic E-state index is 11.7. The first-order valence-corrected chi connectivity index (χ1v) is 13.0. The van der Waals surface area contributed by atoms with Crippen LogP contribution < -0.4 is 0 Å². The lowest BCUT2D eigenvalue weighted by Crippen LogP contribution is -2.24. The predicted molar refractivity (Wildman–Crippen MR) is 139 cm³/mol. The summed E-state index contributed by atoms with van der Waals surface area (Å²) < 4.78 is 10.4. The minimum atomic E-state index is -0.460. The summed E-state index contributed by atoms with van der Waals surface area (Å²) in [6.45, 7) is 6.99. The van der Waals surface area contributed by atoms with Crippen LogP contribution in [0.1, 0.15) is 101 Å². The van der Waals surface area contributed by atoms with Gasteiger partial charge in [-0.1, -0.05) is 71.4 Å². The summed E-state index contributed by atoms with van der Waals surface area (Å²) in [7, 11) is 1.36. The van der Waals surface area contributed by atoms with E-state index >= 15 is 0 Å². The molecular weight excluding hydrogens is 422 g/mol. The maximum atomic E-state index is 11.7. The molecule has 1 aliphatic heterocycles. The van der Waals surface area contributed by atoms with E-state index in [-0.39, 0.29) is 5.76 Å². The molecule has 182 valence electrons. The summed E-state index contributed by atoms with van der Waals surface area (Å²) in [6.07, 6.45) is 21.2. The first-order valence-electron chi connectivity index (χ1n) is 13.0. The fraction of sp³-hybridized carbons (Fsp3) is 0.533. The largest absolute Gasteiger partial charge is 0.463 e. The Morgan fingerprint density at radius 1 is 1.18 bits per heavy atom. The van der Waals surface area contributed by atoms with Crippen molar-refractivity contribution in [2.45, 2.75) is 85.0 Å². The van der Waals surface area contributed by atoms with Gasteiger partial charge in [0, 0.05) is 17.2 Å². The van der Waals surface area contributed by atoms with Crippen molar-refractivity contribution in [3.8, 4) is 0 Å². The van der Waals surface area contributed by atoms with Gasteiger partial charge in [0.15, 0.2) is 0 Å². The van der Waals surface area contributed by atoms with Crippen LogP contribution in [-0.2, 0) is 4.74 Å². The summed E-state index contributed by atoms with van der Waals surface area (Å²) in [5.41, 5.74) is 6.86. The minimum Gasteiger partial charge on any atom is -0.463 e. The van der Waals surface area contributed by atoms with Gasteiger partial charge in [-0.25, -0.2) is 4.79 Å². The summed E-state index contributed by atoms with van der Waals surface area (Å²) in [5, 5.41) is 0. The molecule has 2 heterocycles. The molecule has 0 aromatic carbocycles. The van der Waals surface area contributed by atoms with Crippen molar-refractivity contribution in [3.63, 3.8) is 0 Å². The van der Waals surface area contributed by atoms with Crippen molar-refractivity contribution in [1.29, 1.82) is 0 Å². The van der Waals surface area contributed by atoms with Crippen LogP contribution in [0.5, 0.6) is 0 Å². The number of nitrogens with zero attached hydrogens (tertiary/aromatic N) is 1. The van der Waals surface area contributed by atoms with Crippen LogP contribution in [0.4, 0.5) is 0 Å². The lowest BCUT2D eigenvalue weighted by Gasteiger charge is -2.31. The second-order valence-electron chi connectivity index (χ2n) is 10.6. The van der Waals surface area contributed by atoms with Gasteiger partial charge in [-0.05, 0) is 66.5 Å². The molecule has 4 rings (SSSR count). The third-order valence-electron chi connectivity index (χ3n) is 7.33. The second kappa shape index (κ2) is 10.8. The van der Waals surface area contributed by atoms with Crippen LogP contribution in [-0.4, -0.2) is 18.8 Å². The van der Waals surface area contributed by atoms with Gasteiger partial charge in [0.25, 0.3) is 0 Å². The Kier molecular flexibility index (Phi) is 7.75. The van der Waals surface area contributed by atoms with Gasteiger partial charge in [-0.15, -0.1) is 0 Å². The molecule has 1 atom stereocenters. The van der Waals surface area contributed by atoms with Crippen molar-refractivity contribution in [2.75, 3.05) is 7.11 Å². The third kappa shape index (κ3) is 5.54. The van der Waals surface area contributed by atoms with Gasteiger partial charge in [0.1, 0.15) is 5.76 Å². The number of ether oxygens (including phenoxy) is 1. The summed E-state index contributed by atoms with van der Waals surface area (Å²) in [6, 6.07) is 3.44. The Hall–Kier alpha value is -2.62. The zero-order chi connectivity index (χ0) is 24.1. The summed E-state index contributed by atoms with van der Waals surface area (Å²) in [5.74, 6) is 0.854. The number of carbonyl (C=O) groups is 1. The highest BCUT2D eigenvalue weighted by Crippen LogP contribution is 2.47. The SMILES string of the molecule is CCCCCCCCC1C=CC(/C=C/c2ccc(C(=O)OC)o2)=C2N=C3CC(C)(C)CCC3=C21. The van der Waals surface area contributed by atoms with Crippen LogP contribution in [0.2, 0.25) is 0 Å². The molecular formula is C30H39NO3. The van der Waals surface area contributed by atoms with Crippen molar-refractivity contribution in [1.82, 2.24) is 0 Å². The summed E-state index contributed by atoms with van der Waals surface area (Å²) in [4.78, 5) is 16.9. The molecule has 1 aromatic heterocycles. The van der Waals surface area contributed by atoms with Gasteiger partial charge in [0.2, 0.25) is 5.76 Å². The quantitative estimate of drug-likeness (QED) is 0.260. The molecule has 2 aliphatic carbocycles. The van der Waals surface area contributed by atoms with Crippen LogP contribution >= 0.6 is 0 Å². The van der Waals surface area contributed by atoms with Gasteiger partial charge in [-0.3, -0.25) is 4.99 Å². The smallest absolute Gasteiger partial charge is 0.373 e. The number of rotatable bonds is 10. The molecule has 1 unspecified atom stereocenters. The molecule has 0 spiro atoms. The standard InChI is InChI=1S/C30H39NO3/c1-5-6-7-8-9-10-11-21-12-13-22(14-15-23-16-17-26(34-23)29(32)33-4)28-27(21)24-18-19-30(2,3)20-25(24)31-28/h12-17,21H,5-11,18-20H2,1-4H3/b15-14+. The highest BCUT2D eigenvalue weighted by atomic mass is 16.5. The maximum Gasteiger partial charge on any atom is 0.373 e. The molecule has 1 aromatic rings. The monoisotopic (exact) mass is 461 g/mol. The first-order chi connectivity index (χ1) is 16.4. The van der Waals surface area contributed by atoms with E-state index in [0.29, 0.717) is 17.1 Å². The van der Waals surface area contributed by atoms with Crippen LogP contribution in [0.3, 0.4) is 0 Å². The zero-order valence-electron chi connectivity index (χ0n) is 21.3. The second-order valence-corrected chi connectivity index (χ2v) is 10.6. The minimum absolute atomic E-state index is 0.218. The Balaban J connectivity index is 1.55. The normalized spacial score (nSPS) is 21.2. The van der Waals surface area contributed by atoms with Crippen molar-refractivity contribution >= 4 is 17.8 Å². The van der Waals surface area contributed by atoms with E-state index < -0.39 is 5.97 Å². The molecule has 3 aliphatic rings. The fourth-order valence-electron chi connectivity index (χ4n) is 5.35. The van der Waals surface area contributed by atoms with Crippen LogP contribution in [0.25, 0.3) is 6.08 Å². The molecule has 0 N–H and O–H groups in total. The molecule has 4 nitrogen and oxygen atoms in total. The number of hydrogen-bond donors (Lipinski definition) is 0.